The van der Waals surface area contributed by atoms with Gasteiger partial charge in [0.15, 0.2) is 0 Å². The Hall–Kier alpha value is -3.52. The number of hydrogen-bond acceptors (Lipinski definition) is 5. The van der Waals surface area contributed by atoms with Gasteiger partial charge in [-0.2, -0.15) is 0 Å². The lowest BCUT2D eigenvalue weighted by molar-refractivity contribution is -0.114. The average molecular weight is 480 g/mol. The van der Waals surface area contributed by atoms with Crippen molar-refractivity contribution in [1.82, 2.24) is 0 Å². The molecule has 0 bridgehead atoms. The fraction of sp³-hybridized carbons (Fsp3) is 0.269. The van der Waals surface area contributed by atoms with Crippen LogP contribution in [0.2, 0.25) is 0 Å². The van der Waals surface area contributed by atoms with Gasteiger partial charge in [0.1, 0.15) is 12.3 Å². The fourth-order valence-electron chi connectivity index (χ4n) is 4.09. The van der Waals surface area contributed by atoms with E-state index >= 15 is 0 Å². The Bertz CT molecular complexity index is 1210. The summed E-state index contributed by atoms with van der Waals surface area (Å²) in [6.07, 6.45) is 3.64. The highest BCUT2D eigenvalue weighted by molar-refractivity contribution is 7.92. The number of ether oxygens (including phenoxy) is 1. The van der Waals surface area contributed by atoms with Crippen LogP contribution >= 0.6 is 0 Å². The summed E-state index contributed by atoms with van der Waals surface area (Å²) in [7, 11) is -2.54. The summed E-state index contributed by atoms with van der Waals surface area (Å²) in [6.45, 7) is 1.68. The zero-order valence-corrected chi connectivity index (χ0v) is 20.0. The van der Waals surface area contributed by atoms with Gasteiger partial charge >= 0.3 is 0 Å². The van der Waals surface area contributed by atoms with Gasteiger partial charge in [0.2, 0.25) is 5.91 Å². The molecule has 3 aromatic rings. The Morgan fingerprint density at radius 3 is 2.24 bits per heavy atom. The van der Waals surface area contributed by atoms with Crippen LogP contribution in [-0.4, -0.2) is 41.1 Å². The molecule has 8 heteroatoms. The van der Waals surface area contributed by atoms with Gasteiger partial charge in [-0.05, 0) is 67.8 Å². The zero-order chi connectivity index (χ0) is 24.0. The average Bonchev–Trinajstić information content (AvgIpc) is 2.88. The molecule has 1 fully saturated rings. The van der Waals surface area contributed by atoms with Gasteiger partial charge < -0.3 is 15.0 Å². The first-order valence-corrected chi connectivity index (χ1v) is 12.8. The molecule has 0 saturated carbocycles. The minimum Gasteiger partial charge on any atom is -0.495 e. The molecule has 1 saturated heterocycles. The van der Waals surface area contributed by atoms with E-state index in [-0.39, 0.29) is 4.90 Å². The quantitative estimate of drug-likeness (QED) is 0.514. The molecular formula is C26H29N3O4S. The van der Waals surface area contributed by atoms with Crippen LogP contribution in [0, 0.1) is 0 Å². The highest BCUT2D eigenvalue weighted by Crippen LogP contribution is 2.32. The van der Waals surface area contributed by atoms with Crippen LogP contribution in [0.5, 0.6) is 5.75 Å². The molecule has 0 spiro atoms. The maximum Gasteiger partial charge on any atom is 0.264 e. The number of piperidine rings is 1. The van der Waals surface area contributed by atoms with Crippen molar-refractivity contribution in [2.24, 2.45) is 0 Å². The number of methoxy groups -OCH3 is 1. The van der Waals surface area contributed by atoms with Crippen LogP contribution < -0.4 is 19.3 Å². The van der Waals surface area contributed by atoms with Crippen LogP contribution in [-0.2, 0) is 14.8 Å². The molecule has 0 aromatic heterocycles. The second-order valence-electron chi connectivity index (χ2n) is 8.14. The minimum atomic E-state index is -4.01. The van der Waals surface area contributed by atoms with Gasteiger partial charge in [0.25, 0.3) is 10.0 Å². The van der Waals surface area contributed by atoms with Gasteiger partial charge in [-0.3, -0.25) is 9.10 Å². The van der Waals surface area contributed by atoms with E-state index in [1.165, 1.54) is 38.5 Å². The van der Waals surface area contributed by atoms with Crippen LogP contribution in [0.15, 0.2) is 83.8 Å². The molecular weight excluding hydrogens is 450 g/mol. The van der Waals surface area contributed by atoms with Crippen molar-refractivity contribution in [3.05, 3.63) is 78.9 Å². The Kier molecular flexibility index (Phi) is 7.37. The van der Waals surface area contributed by atoms with Crippen molar-refractivity contribution in [2.75, 3.05) is 41.3 Å². The van der Waals surface area contributed by atoms with Crippen molar-refractivity contribution in [2.45, 2.75) is 24.2 Å². The summed E-state index contributed by atoms with van der Waals surface area (Å²) in [6, 6.07) is 22.5. The van der Waals surface area contributed by atoms with Gasteiger partial charge in [-0.1, -0.05) is 30.3 Å². The normalized spacial score (nSPS) is 13.9. The third-order valence-electron chi connectivity index (χ3n) is 5.84. The SMILES string of the molecule is COc1ccccc1N(CC(=O)Nc1ccc(N2CCCCC2)cc1)S(=O)(=O)c1ccccc1. The summed E-state index contributed by atoms with van der Waals surface area (Å²) >= 11 is 0. The lowest BCUT2D eigenvalue weighted by Gasteiger charge is -2.29. The van der Waals surface area contributed by atoms with Crippen molar-refractivity contribution in [1.29, 1.82) is 0 Å². The Balaban J connectivity index is 1.56. The molecule has 0 atom stereocenters. The topological polar surface area (TPSA) is 79.0 Å². The molecule has 1 aliphatic heterocycles. The molecule has 3 aromatic carbocycles. The molecule has 178 valence electrons. The number of rotatable bonds is 8. The number of anilines is 3. The lowest BCUT2D eigenvalue weighted by atomic mass is 10.1. The van der Waals surface area contributed by atoms with Crippen LogP contribution in [0.4, 0.5) is 17.1 Å². The molecule has 4 rings (SSSR count). The van der Waals surface area contributed by atoms with Crippen molar-refractivity contribution >= 4 is 33.0 Å². The van der Waals surface area contributed by atoms with Crippen LogP contribution in [0.25, 0.3) is 0 Å². The van der Waals surface area contributed by atoms with E-state index in [0.29, 0.717) is 17.1 Å². The van der Waals surface area contributed by atoms with E-state index in [4.69, 9.17) is 4.74 Å². The number of benzene rings is 3. The third-order valence-corrected chi connectivity index (χ3v) is 7.62. The first-order valence-electron chi connectivity index (χ1n) is 11.3. The standard InChI is InChI=1S/C26H29N3O4S/c1-33-25-13-7-6-12-24(25)29(34(31,32)23-10-4-2-5-11-23)20-26(30)27-21-14-16-22(17-15-21)28-18-8-3-9-19-28/h2,4-7,10-17H,3,8-9,18-20H2,1H3,(H,27,30). The number of carbonyl (C=O) groups excluding carboxylic acids is 1. The van der Waals surface area contributed by atoms with E-state index in [0.717, 1.165) is 23.1 Å². The second-order valence-corrected chi connectivity index (χ2v) is 10.0. The molecule has 0 aliphatic carbocycles. The number of nitrogens with zero attached hydrogens (tertiary/aromatic N) is 2. The number of carbonyl (C=O) groups is 1. The summed E-state index contributed by atoms with van der Waals surface area (Å²) in [4.78, 5) is 15.4. The summed E-state index contributed by atoms with van der Waals surface area (Å²) in [5, 5.41) is 2.83. The van der Waals surface area contributed by atoms with Crippen LogP contribution in [0.3, 0.4) is 0 Å². The van der Waals surface area contributed by atoms with E-state index in [9.17, 15) is 13.2 Å². The van der Waals surface area contributed by atoms with E-state index < -0.39 is 22.5 Å². The Morgan fingerprint density at radius 1 is 0.912 bits per heavy atom. The molecule has 34 heavy (non-hydrogen) atoms. The number of nitrogens with one attached hydrogen (secondary N) is 1. The molecule has 1 heterocycles. The summed E-state index contributed by atoms with van der Waals surface area (Å²) in [5.74, 6) is -0.0863. The van der Waals surface area contributed by atoms with Crippen molar-refractivity contribution in [3.8, 4) is 5.75 Å². The molecule has 0 radical (unpaired) electrons. The predicted octanol–water partition coefficient (Wildman–Crippen LogP) is 4.52. The molecule has 7 nitrogen and oxygen atoms in total. The number of para-hydroxylation sites is 2. The smallest absolute Gasteiger partial charge is 0.264 e. The van der Waals surface area contributed by atoms with Gasteiger partial charge in [-0.15, -0.1) is 0 Å². The van der Waals surface area contributed by atoms with Gasteiger partial charge in [0, 0.05) is 24.5 Å². The lowest BCUT2D eigenvalue weighted by Crippen LogP contribution is -2.38. The molecule has 1 N–H and O–H groups in total. The Morgan fingerprint density at radius 2 is 1.56 bits per heavy atom. The summed E-state index contributed by atoms with van der Waals surface area (Å²) < 4.78 is 33.5. The third kappa shape index (κ3) is 5.34. The van der Waals surface area contributed by atoms with Gasteiger partial charge in [-0.25, -0.2) is 8.42 Å². The maximum atomic E-state index is 13.5. The van der Waals surface area contributed by atoms with Crippen molar-refractivity contribution in [3.63, 3.8) is 0 Å². The number of hydrogen-bond donors (Lipinski definition) is 1. The highest BCUT2D eigenvalue weighted by Gasteiger charge is 2.29. The first-order chi connectivity index (χ1) is 16.5. The zero-order valence-electron chi connectivity index (χ0n) is 19.2. The Labute approximate surface area is 201 Å². The van der Waals surface area contributed by atoms with E-state index in [2.05, 4.69) is 10.2 Å². The largest absolute Gasteiger partial charge is 0.495 e. The highest BCUT2D eigenvalue weighted by atomic mass is 32.2. The van der Waals surface area contributed by atoms with E-state index in [1.807, 2.05) is 24.3 Å². The molecule has 1 aliphatic rings. The summed E-state index contributed by atoms with van der Waals surface area (Å²) in [5.41, 5.74) is 2.03. The second kappa shape index (κ2) is 10.6. The first kappa shape index (κ1) is 23.6. The minimum absolute atomic E-state index is 0.0968. The number of sulfonamides is 1. The predicted molar refractivity (Wildman–Crippen MR) is 135 cm³/mol. The van der Waals surface area contributed by atoms with Crippen LogP contribution in [0.1, 0.15) is 19.3 Å². The molecule has 0 unspecified atom stereocenters. The fourth-order valence-corrected chi connectivity index (χ4v) is 5.55. The maximum absolute atomic E-state index is 13.5. The monoisotopic (exact) mass is 479 g/mol. The van der Waals surface area contributed by atoms with E-state index in [1.54, 1.807) is 42.5 Å². The van der Waals surface area contributed by atoms with Gasteiger partial charge in [0.05, 0.1) is 17.7 Å². The van der Waals surface area contributed by atoms with Crippen molar-refractivity contribution < 1.29 is 17.9 Å². The molecule has 1 amide bonds. The number of amides is 1.